The Morgan fingerprint density at radius 1 is 1.14 bits per heavy atom. The summed E-state index contributed by atoms with van der Waals surface area (Å²) in [6.45, 7) is 0. The highest BCUT2D eigenvalue weighted by atomic mass is 35.5. The van der Waals surface area contributed by atoms with E-state index in [4.69, 9.17) is 33.7 Å². The zero-order valence-corrected chi connectivity index (χ0v) is 12.0. The van der Waals surface area contributed by atoms with E-state index < -0.39 is 0 Å². The molecule has 1 aromatic carbocycles. The summed E-state index contributed by atoms with van der Waals surface area (Å²) < 4.78 is 7.09. The van der Waals surface area contributed by atoms with Crippen LogP contribution in [-0.4, -0.2) is 24.5 Å². The van der Waals surface area contributed by atoms with Gasteiger partial charge in [-0.15, -0.1) is 0 Å². The van der Waals surface area contributed by atoms with Crippen LogP contribution in [0.3, 0.4) is 0 Å². The highest BCUT2D eigenvalue weighted by Crippen LogP contribution is 2.30. The standard InChI is InChI=1S/C12H8Cl2N6O/c13-7-1-2-9(8(14)5-7)21-12-18-10(15)17-11(19-12)20-4-3-16-6-20/h1-6H,(H2,15,17,18,19). The van der Waals surface area contributed by atoms with E-state index in [1.165, 1.54) is 6.33 Å². The molecule has 9 heteroatoms. The topological polar surface area (TPSA) is 91.7 Å². The lowest BCUT2D eigenvalue weighted by molar-refractivity contribution is 0.439. The van der Waals surface area contributed by atoms with Crippen molar-refractivity contribution in [2.75, 3.05) is 5.73 Å². The minimum Gasteiger partial charge on any atom is -0.423 e. The Labute approximate surface area is 129 Å². The number of halogens is 2. The van der Waals surface area contributed by atoms with E-state index in [9.17, 15) is 0 Å². The predicted molar refractivity (Wildman–Crippen MR) is 77.9 cm³/mol. The summed E-state index contributed by atoms with van der Waals surface area (Å²) in [4.78, 5) is 16.0. The van der Waals surface area contributed by atoms with Crippen LogP contribution in [0.5, 0.6) is 11.8 Å². The molecule has 2 N–H and O–H groups in total. The van der Waals surface area contributed by atoms with E-state index in [0.717, 1.165) is 0 Å². The van der Waals surface area contributed by atoms with Gasteiger partial charge in [0, 0.05) is 17.4 Å². The molecule has 2 heterocycles. The van der Waals surface area contributed by atoms with Gasteiger partial charge in [0.05, 0.1) is 5.02 Å². The molecule has 0 spiro atoms. The summed E-state index contributed by atoms with van der Waals surface area (Å²) in [5.41, 5.74) is 5.65. The van der Waals surface area contributed by atoms with Gasteiger partial charge >= 0.3 is 6.01 Å². The maximum atomic E-state index is 6.03. The summed E-state index contributed by atoms with van der Waals surface area (Å²) in [5, 5.41) is 0.840. The zero-order valence-electron chi connectivity index (χ0n) is 10.4. The van der Waals surface area contributed by atoms with Crippen molar-refractivity contribution in [1.29, 1.82) is 0 Å². The summed E-state index contributed by atoms with van der Waals surface area (Å²) in [5.74, 6) is 0.678. The molecule has 3 rings (SSSR count). The lowest BCUT2D eigenvalue weighted by Crippen LogP contribution is -2.06. The first-order valence-corrected chi connectivity index (χ1v) is 6.50. The average Bonchev–Trinajstić information content (AvgIpc) is 2.95. The predicted octanol–water partition coefficient (Wildman–Crippen LogP) is 2.74. The molecule has 0 saturated carbocycles. The van der Waals surface area contributed by atoms with Crippen molar-refractivity contribution in [1.82, 2.24) is 24.5 Å². The van der Waals surface area contributed by atoms with Gasteiger partial charge in [0.1, 0.15) is 12.1 Å². The number of hydrogen-bond donors (Lipinski definition) is 1. The number of nitrogens with zero attached hydrogens (tertiary/aromatic N) is 5. The van der Waals surface area contributed by atoms with Gasteiger partial charge in [-0.3, -0.25) is 4.57 Å². The monoisotopic (exact) mass is 322 g/mol. The van der Waals surface area contributed by atoms with Crippen LogP contribution in [0.2, 0.25) is 10.0 Å². The van der Waals surface area contributed by atoms with E-state index in [0.29, 0.717) is 21.7 Å². The fraction of sp³-hybridized carbons (Fsp3) is 0. The number of ether oxygens (including phenoxy) is 1. The molecule has 21 heavy (non-hydrogen) atoms. The van der Waals surface area contributed by atoms with Gasteiger partial charge in [0.15, 0.2) is 0 Å². The molecular weight excluding hydrogens is 315 g/mol. The molecule has 0 atom stereocenters. The molecule has 0 bridgehead atoms. The van der Waals surface area contributed by atoms with Crippen LogP contribution in [0.1, 0.15) is 0 Å². The Kier molecular flexibility index (Phi) is 3.59. The van der Waals surface area contributed by atoms with E-state index in [1.807, 2.05) is 0 Å². The normalized spacial score (nSPS) is 10.6. The third kappa shape index (κ3) is 3.04. The number of rotatable bonds is 3. The highest BCUT2D eigenvalue weighted by molar-refractivity contribution is 6.35. The lowest BCUT2D eigenvalue weighted by Gasteiger charge is -2.08. The minimum atomic E-state index is 0.0220. The first-order valence-electron chi connectivity index (χ1n) is 5.74. The Bertz CT molecular complexity index is 777. The van der Waals surface area contributed by atoms with Crippen LogP contribution in [0.25, 0.3) is 5.95 Å². The van der Waals surface area contributed by atoms with E-state index >= 15 is 0 Å². The molecule has 106 valence electrons. The molecule has 0 unspecified atom stereocenters. The van der Waals surface area contributed by atoms with Gasteiger partial charge in [-0.25, -0.2) is 4.98 Å². The summed E-state index contributed by atoms with van der Waals surface area (Å²) in [6, 6.07) is 4.83. The molecule has 2 aromatic heterocycles. The maximum absolute atomic E-state index is 6.03. The molecule has 0 aliphatic heterocycles. The summed E-state index contributed by atoms with van der Waals surface area (Å²) in [6.07, 6.45) is 4.80. The van der Waals surface area contributed by atoms with E-state index in [2.05, 4.69) is 19.9 Å². The molecule has 0 radical (unpaired) electrons. The fourth-order valence-electron chi connectivity index (χ4n) is 1.56. The van der Waals surface area contributed by atoms with Crippen molar-refractivity contribution in [3.8, 4) is 17.7 Å². The molecule has 0 aliphatic rings. The van der Waals surface area contributed by atoms with Crippen molar-refractivity contribution in [3.05, 3.63) is 47.0 Å². The van der Waals surface area contributed by atoms with Gasteiger partial charge in [0.25, 0.3) is 0 Å². The first-order chi connectivity index (χ1) is 10.1. The zero-order chi connectivity index (χ0) is 14.8. The van der Waals surface area contributed by atoms with Crippen molar-refractivity contribution >= 4 is 29.2 Å². The Morgan fingerprint density at radius 2 is 2.00 bits per heavy atom. The molecule has 3 aromatic rings. The maximum Gasteiger partial charge on any atom is 0.328 e. The first kappa shape index (κ1) is 13.6. The van der Waals surface area contributed by atoms with Crippen LogP contribution in [0.4, 0.5) is 5.95 Å². The lowest BCUT2D eigenvalue weighted by atomic mass is 10.3. The molecular formula is C12H8Cl2N6O. The molecule has 7 nitrogen and oxygen atoms in total. The van der Waals surface area contributed by atoms with Gasteiger partial charge < -0.3 is 10.5 Å². The number of nitrogen functional groups attached to an aromatic ring is 1. The Morgan fingerprint density at radius 3 is 2.71 bits per heavy atom. The third-order valence-corrected chi connectivity index (χ3v) is 2.98. The molecule has 0 aliphatic carbocycles. The average molecular weight is 323 g/mol. The number of aromatic nitrogens is 5. The van der Waals surface area contributed by atoms with Crippen molar-refractivity contribution in [2.24, 2.45) is 0 Å². The second-order valence-electron chi connectivity index (χ2n) is 3.92. The van der Waals surface area contributed by atoms with Crippen LogP contribution in [0, 0.1) is 0 Å². The van der Waals surface area contributed by atoms with Gasteiger partial charge in [-0.05, 0) is 18.2 Å². The van der Waals surface area contributed by atoms with Gasteiger partial charge in [-0.1, -0.05) is 23.2 Å². The van der Waals surface area contributed by atoms with Crippen molar-refractivity contribution < 1.29 is 4.74 Å². The Hall–Kier alpha value is -2.38. The fourth-order valence-corrected chi connectivity index (χ4v) is 2.00. The highest BCUT2D eigenvalue weighted by Gasteiger charge is 2.10. The third-order valence-electron chi connectivity index (χ3n) is 2.45. The largest absolute Gasteiger partial charge is 0.423 e. The summed E-state index contributed by atoms with van der Waals surface area (Å²) in [7, 11) is 0. The smallest absolute Gasteiger partial charge is 0.328 e. The minimum absolute atomic E-state index is 0.0220. The molecule has 0 fully saturated rings. The second-order valence-corrected chi connectivity index (χ2v) is 4.77. The summed E-state index contributed by atoms with van der Waals surface area (Å²) >= 11 is 11.9. The number of imidazole rings is 1. The molecule has 0 amide bonds. The quantitative estimate of drug-likeness (QED) is 0.797. The van der Waals surface area contributed by atoms with Crippen molar-refractivity contribution in [3.63, 3.8) is 0 Å². The van der Waals surface area contributed by atoms with E-state index in [1.54, 1.807) is 35.2 Å². The second kappa shape index (κ2) is 5.55. The van der Waals surface area contributed by atoms with E-state index in [-0.39, 0.29) is 12.0 Å². The van der Waals surface area contributed by atoms with Crippen LogP contribution < -0.4 is 10.5 Å². The molecule has 0 saturated heterocycles. The van der Waals surface area contributed by atoms with Crippen LogP contribution in [0.15, 0.2) is 36.9 Å². The van der Waals surface area contributed by atoms with Gasteiger partial charge in [-0.2, -0.15) is 15.0 Å². The van der Waals surface area contributed by atoms with Crippen molar-refractivity contribution in [2.45, 2.75) is 0 Å². The van der Waals surface area contributed by atoms with Crippen LogP contribution >= 0.6 is 23.2 Å². The van der Waals surface area contributed by atoms with Gasteiger partial charge in [0.2, 0.25) is 11.9 Å². The number of benzene rings is 1. The number of nitrogens with two attached hydrogens (primary N) is 1. The SMILES string of the molecule is Nc1nc(Oc2ccc(Cl)cc2Cl)nc(-n2ccnc2)n1. The number of hydrogen-bond acceptors (Lipinski definition) is 6. The Balaban J connectivity index is 1.95. The van der Waals surface area contributed by atoms with Crippen LogP contribution in [-0.2, 0) is 0 Å². The number of anilines is 1.